The third kappa shape index (κ3) is 31.9. The zero-order valence-electron chi connectivity index (χ0n) is 22.2. The highest BCUT2D eigenvalue weighted by Crippen LogP contribution is 2.13. The fourth-order valence-electron chi connectivity index (χ4n) is 3.36. The van der Waals surface area contributed by atoms with Crippen molar-refractivity contribution in [2.75, 3.05) is 41.8 Å². The minimum absolute atomic E-state index is 0. The number of aliphatic carboxylic acids is 1. The molecule has 0 aliphatic heterocycles. The molecule has 0 aromatic heterocycles. The van der Waals surface area contributed by atoms with Crippen LogP contribution in [0.25, 0.3) is 0 Å². The van der Waals surface area contributed by atoms with Crippen LogP contribution in [0, 0.1) is 0 Å². The molecule has 190 valence electrons. The number of carbonyl (C=O) groups is 1. The maximum Gasteiger partial charge on any atom is 0.320 e. The highest BCUT2D eigenvalue weighted by Gasteiger charge is 2.11. The van der Waals surface area contributed by atoms with E-state index in [1.807, 2.05) is 0 Å². The van der Waals surface area contributed by atoms with E-state index in [2.05, 4.69) is 28.1 Å². The molecular formula is C26H57ClN2O2. The molecular weight excluding hydrogens is 408 g/mol. The van der Waals surface area contributed by atoms with E-state index in [4.69, 9.17) is 5.11 Å². The lowest BCUT2D eigenvalue weighted by Gasteiger charge is -2.23. The molecule has 0 heterocycles. The summed E-state index contributed by atoms with van der Waals surface area (Å²) < 4.78 is 1.12. The Balaban J connectivity index is -0.000000739. The van der Waals surface area contributed by atoms with Crippen molar-refractivity contribution in [3.8, 4) is 0 Å². The highest BCUT2D eigenvalue weighted by molar-refractivity contribution is 5.72. The maximum atomic E-state index is 10.1. The largest absolute Gasteiger partial charge is 1.00 e. The van der Waals surface area contributed by atoms with Crippen molar-refractivity contribution in [2.45, 2.75) is 123 Å². The number of carboxylic acids is 1. The van der Waals surface area contributed by atoms with Gasteiger partial charge in [-0.3, -0.25) is 9.69 Å². The molecule has 31 heavy (non-hydrogen) atoms. The van der Waals surface area contributed by atoms with Gasteiger partial charge < -0.3 is 22.0 Å². The van der Waals surface area contributed by atoms with E-state index in [9.17, 15) is 4.79 Å². The van der Waals surface area contributed by atoms with Crippen LogP contribution in [0.15, 0.2) is 0 Å². The van der Waals surface area contributed by atoms with E-state index < -0.39 is 5.97 Å². The summed E-state index contributed by atoms with van der Waals surface area (Å²) in [5.74, 6) is -0.782. The Labute approximate surface area is 202 Å². The van der Waals surface area contributed by atoms with Crippen LogP contribution in [-0.4, -0.2) is 68.3 Å². The molecule has 1 atom stereocenters. The second-order valence-electron chi connectivity index (χ2n) is 10.3. The van der Waals surface area contributed by atoms with Gasteiger partial charge in [-0.25, -0.2) is 0 Å². The monoisotopic (exact) mass is 464 g/mol. The Kier molecular flexibility index (Phi) is 27.7. The Morgan fingerprint density at radius 1 is 0.710 bits per heavy atom. The third-order valence-corrected chi connectivity index (χ3v) is 5.81. The predicted molar refractivity (Wildman–Crippen MR) is 133 cm³/mol. The van der Waals surface area contributed by atoms with E-state index >= 15 is 0 Å². The van der Waals surface area contributed by atoms with Gasteiger partial charge in [-0.05, 0) is 33.9 Å². The van der Waals surface area contributed by atoms with Crippen LogP contribution in [0.3, 0.4) is 0 Å². The Bertz CT molecular complexity index is 371. The molecule has 4 nitrogen and oxygen atoms in total. The van der Waals surface area contributed by atoms with Gasteiger partial charge in [0.2, 0.25) is 0 Å². The molecule has 0 bridgehead atoms. The molecule has 0 saturated heterocycles. The van der Waals surface area contributed by atoms with Crippen molar-refractivity contribution >= 4 is 5.97 Å². The van der Waals surface area contributed by atoms with Crippen molar-refractivity contribution in [3.05, 3.63) is 0 Å². The van der Waals surface area contributed by atoms with E-state index in [0.29, 0.717) is 0 Å². The molecule has 5 heteroatoms. The summed E-state index contributed by atoms with van der Waals surface area (Å²) in [5.41, 5.74) is 0. The van der Waals surface area contributed by atoms with Crippen molar-refractivity contribution in [2.24, 2.45) is 0 Å². The topological polar surface area (TPSA) is 40.5 Å². The van der Waals surface area contributed by atoms with Gasteiger partial charge in [0.15, 0.2) is 0 Å². The lowest BCUT2D eigenvalue weighted by atomic mass is 10.0. The molecule has 0 aromatic carbocycles. The molecule has 0 aliphatic rings. The van der Waals surface area contributed by atoms with Crippen molar-refractivity contribution in [1.82, 2.24) is 4.90 Å². The molecule has 0 spiro atoms. The van der Waals surface area contributed by atoms with Gasteiger partial charge >= 0.3 is 5.97 Å². The number of rotatable bonds is 19. The normalized spacial score (nSPS) is 12.1. The number of likely N-dealkylation sites (N-methyl/N-ethyl adjacent to an activating group) is 1. The first-order valence-corrected chi connectivity index (χ1v) is 12.8. The lowest BCUT2D eigenvalue weighted by molar-refractivity contribution is -0.870. The van der Waals surface area contributed by atoms with Crippen molar-refractivity contribution in [3.63, 3.8) is 0 Å². The average Bonchev–Trinajstić information content (AvgIpc) is 2.66. The molecule has 1 N–H and O–H groups in total. The maximum absolute atomic E-state index is 10.1. The van der Waals surface area contributed by atoms with Gasteiger partial charge in [0.25, 0.3) is 0 Å². The van der Waals surface area contributed by atoms with Crippen LogP contribution < -0.4 is 12.4 Å². The van der Waals surface area contributed by atoms with Gasteiger partial charge in [0.1, 0.15) is 6.04 Å². The van der Waals surface area contributed by atoms with Crippen LogP contribution in [0.1, 0.15) is 117 Å². The number of hydrogen-bond donors (Lipinski definition) is 1. The molecule has 0 amide bonds. The number of carboxylic acid groups (broad SMARTS) is 1. The number of unbranched alkanes of at least 4 members (excludes halogenated alkanes) is 15. The number of halogens is 1. The van der Waals surface area contributed by atoms with E-state index in [0.717, 1.165) is 4.48 Å². The summed E-state index contributed by atoms with van der Waals surface area (Å²) in [6, 6.07) is -0.380. The van der Waals surface area contributed by atoms with Crippen LogP contribution in [0.4, 0.5) is 0 Å². The van der Waals surface area contributed by atoms with Crippen LogP contribution in [0.2, 0.25) is 0 Å². The summed E-state index contributed by atoms with van der Waals surface area (Å²) in [7, 11) is 10.4. The molecule has 1 unspecified atom stereocenters. The minimum atomic E-state index is -0.782. The summed E-state index contributed by atoms with van der Waals surface area (Å²) in [5, 5.41) is 8.31. The Hall–Kier alpha value is -0.320. The first-order valence-electron chi connectivity index (χ1n) is 12.8. The smallest absolute Gasteiger partial charge is 0.320 e. The SMILES string of the molecule is CC(C(=O)O)N(C)C.CCCCCCCCCCCCCCCCCC[N+](C)(C)C.[Cl-]. The van der Waals surface area contributed by atoms with Crippen LogP contribution in [0.5, 0.6) is 0 Å². The van der Waals surface area contributed by atoms with E-state index in [-0.39, 0.29) is 18.4 Å². The van der Waals surface area contributed by atoms with Gasteiger partial charge in [-0.2, -0.15) is 0 Å². The molecule has 0 saturated carbocycles. The van der Waals surface area contributed by atoms with Gasteiger partial charge in [-0.1, -0.05) is 96.8 Å². The molecule has 0 radical (unpaired) electrons. The lowest BCUT2D eigenvalue weighted by Crippen LogP contribution is -3.00. The Morgan fingerprint density at radius 2 is 1.00 bits per heavy atom. The standard InChI is InChI=1S/C21H46N.C5H11NO2.ClH/c1-5-6-7-8-9-10-11-12-13-14-15-16-17-18-19-20-21-22(2,3)4;1-4(5(7)8)6(2)3;/h5-21H2,1-4H3;4H,1-3H3,(H,7,8);1H/q+1;;/p-1. The second-order valence-corrected chi connectivity index (χ2v) is 10.3. The average molecular weight is 465 g/mol. The molecule has 0 rings (SSSR count). The summed E-state index contributed by atoms with van der Waals surface area (Å²) >= 11 is 0. The molecule has 0 aliphatic carbocycles. The first-order chi connectivity index (χ1) is 14.1. The first kappa shape index (κ1) is 35.3. The highest BCUT2D eigenvalue weighted by atomic mass is 35.5. The molecule has 0 fully saturated rings. The van der Waals surface area contributed by atoms with Crippen LogP contribution in [-0.2, 0) is 4.79 Å². The minimum Gasteiger partial charge on any atom is -1.00 e. The number of hydrogen-bond acceptors (Lipinski definition) is 2. The zero-order chi connectivity index (χ0) is 23.3. The van der Waals surface area contributed by atoms with E-state index in [1.165, 1.54) is 109 Å². The fraction of sp³-hybridized carbons (Fsp3) is 0.962. The van der Waals surface area contributed by atoms with Crippen molar-refractivity contribution in [1.29, 1.82) is 0 Å². The zero-order valence-corrected chi connectivity index (χ0v) is 23.0. The third-order valence-electron chi connectivity index (χ3n) is 5.81. The summed E-state index contributed by atoms with van der Waals surface area (Å²) in [4.78, 5) is 11.7. The van der Waals surface area contributed by atoms with Crippen molar-refractivity contribution < 1.29 is 26.8 Å². The van der Waals surface area contributed by atoms with E-state index in [1.54, 1.807) is 25.9 Å². The number of quaternary nitrogens is 1. The number of nitrogens with zero attached hydrogens (tertiary/aromatic N) is 2. The van der Waals surface area contributed by atoms with Gasteiger partial charge in [0, 0.05) is 0 Å². The fourth-order valence-corrected chi connectivity index (χ4v) is 3.36. The van der Waals surface area contributed by atoms with Crippen LogP contribution >= 0.6 is 0 Å². The summed E-state index contributed by atoms with van der Waals surface area (Å²) in [6.45, 7) is 5.27. The molecule has 0 aromatic rings. The Morgan fingerprint density at radius 3 is 1.19 bits per heavy atom. The predicted octanol–water partition coefficient (Wildman–Crippen LogP) is 3.98. The second kappa shape index (κ2) is 24.3. The summed E-state index contributed by atoms with van der Waals surface area (Å²) in [6.07, 6.45) is 23.4. The quantitative estimate of drug-likeness (QED) is 0.232. The van der Waals surface area contributed by atoms with Gasteiger partial charge in [0.05, 0.1) is 27.7 Å². The van der Waals surface area contributed by atoms with Gasteiger partial charge in [-0.15, -0.1) is 0 Å².